The summed E-state index contributed by atoms with van der Waals surface area (Å²) in [4.78, 5) is 38.6. The maximum Gasteiger partial charge on any atom is 0.442 e. The van der Waals surface area contributed by atoms with Crippen LogP contribution in [0, 0.1) is 0 Å². The Morgan fingerprint density at radius 2 is 2.19 bits per heavy atom. The van der Waals surface area contributed by atoms with Crippen molar-refractivity contribution >= 4 is 11.9 Å². The Kier molecular flexibility index (Phi) is 4.44. The van der Waals surface area contributed by atoms with Crippen molar-refractivity contribution in [1.29, 1.82) is 0 Å². The van der Waals surface area contributed by atoms with E-state index < -0.39 is 24.2 Å². The monoisotopic (exact) mass is 291 g/mol. The Hall–Kier alpha value is -2.97. The molecule has 0 fully saturated rings. The van der Waals surface area contributed by atoms with Gasteiger partial charge < -0.3 is 5.32 Å². The van der Waals surface area contributed by atoms with Gasteiger partial charge in [-0.3, -0.25) is 19.6 Å². The van der Waals surface area contributed by atoms with Crippen molar-refractivity contribution in [3.8, 4) is 11.5 Å². The average Bonchev–Trinajstić information content (AvgIpc) is 2.81. The number of imide groups is 1. The van der Waals surface area contributed by atoms with Crippen molar-refractivity contribution in [3.63, 3.8) is 0 Å². The summed E-state index contributed by atoms with van der Waals surface area (Å²) in [5.41, 5.74) is 0.383. The predicted octanol–water partition coefficient (Wildman–Crippen LogP) is -0.256. The van der Waals surface area contributed by atoms with Crippen LogP contribution >= 0.6 is 0 Å². The van der Waals surface area contributed by atoms with Gasteiger partial charge in [-0.05, 0) is 19.1 Å². The molecule has 2 aromatic heterocycles. The fourth-order valence-electron chi connectivity index (χ4n) is 1.60. The van der Waals surface area contributed by atoms with Crippen molar-refractivity contribution in [3.05, 3.63) is 34.9 Å². The number of carbonyl (C=O) groups excluding carboxylic acids is 2. The van der Waals surface area contributed by atoms with E-state index in [1.54, 1.807) is 25.1 Å². The summed E-state index contributed by atoms with van der Waals surface area (Å²) in [6.07, 6.45) is 1.52. The van der Waals surface area contributed by atoms with Crippen LogP contribution in [0.4, 0.5) is 4.79 Å². The molecule has 0 bridgehead atoms. The molecule has 9 nitrogen and oxygen atoms in total. The molecule has 21 heavy (non-hydrogen) atoms. The molecule has 110 valence electrons. The first-order chi connectivity index (χ1) is 10.1. The Morgan fingerprint density at radius 1 is 1.38 bits per heavy atom. The number of amides is 3. The number of carbonyl (C=O) groups is 2. The highest BCUT2D eigenvalue weighted by Crippen LogP contribution is 2.11. The summed E-state index contributed by atoms with van der Waals surface area (Å²) in [6, 6.07) is 4.40. The molecule has 0 saturated carbocycles. The number of urea groups is 1. The van der Waals surface area contributed by atoms with E-state index in [2.05, 4.69) is 25.3 Å². The molecule has 0 saturated heterocycles. The number of aromatic nitrogens is 3. The Bertz CT molecular complexity index is 691. The summed E-state index contributed by atoms with van der Waals surface area (Å²) in [5.74, 6) is -1.35. The first kappa shape index (κ1) is 14.4. The summed E-state index contributed by atoms with van der Waals surface area (Å²) in [5, 5.41) is 8.08. The van der Waals surface area contributed by atoms with E-state index in [0.717, 1.165) is 4.57 Å². The van der Waals surface area contributed by atoms with Crippen LogP contribution in [0.5, 0.6) is 0 Å². The van der Waals surface area contributed by atoms with Crippen molar-refractivity contribution in [2.45, 2.75) is 13.5 Å². The third-order valence-electron chi connectivity index (χ3n) is 2.47. The van der Waals surface area contributed by atoms with Crippen LogP contribution in [0.3, 0.4) is 0 Å². The van der Waals surface area contributed by atoms with E-state index in [0.29, 0.717) is 12.2 Å². The standard InChI is InChI=1S/C12H13N5O4/c1-2-13-11(19)15-9(18)7-17-10(16-21-12(17)20)8-5-3-4-6-14-8/h3-6H,2,7H2,1H3,(H2,13,15,18,19). The molecule has 9 heteroatoms. The fraction of sp³-hybridized carbons (Fsp3) is 0.250. The largest absolute Gasteiger partial charge is 0.442 e. The lowest BCUT2D eigenvalue weighted by Crippen LogP contribution is -2.41. The lowest BCUT2D eigenvalue weighted by molar-refractivity contribution is -0.120. The lowest BCUT2D eigenvalue weighted by Gasteiger charge is -2.05. The number of hydrogen-bond acceptors (Lipinski definition) is 6. The van der Waals surface area contributed by atoms with Gasteiger partial charge in [0.05, 0.1) is 0 Å². The van der Waals surface area contributed by atoms with Gasteiger partial charge in [0.1, 0.15) is 12.2 Å². The minimum absolute atomic E-state index is 0.117. The van der Waals surface area contributed by atoms with Gasteiger partial charge in [-0.1, -0.05) is 11.2 Å². The van der Waals surface area contributed by atoms with Crippen LogP contribution in [0.2, 0.25) is 0 Å². The summed E-state index contributed by atoms with van der Waals surface area (Å²) in [6.45, 7) is 1.70. The van der Waals surface area contributed by atoms with Crippen molar-refractivity contribution in [2.24, 2.45) is 0 Å². The van der Waals surface area contributed by atoms with E-state index in [4.69, 9.17) is 0 Å². The Morgan fingerprint density at radius 3 is 2.86 bits per heavy atom. The molecule has 0 aliphatic heterocycles. The molecule has 0 aromatic carbocycles. The highest BCUT2D eigenvalue weighted by molar-refractivity contribution is 5.94. The van der Waals surface area contributed by atoms with E-state index in [1.165, 1.54) is 6.20 Å². The minimum Gasteiger partial charge on any atom is -0.338 e. The zero-order chi connectivity index (χ0) is 15.2. The first-order valence-electron chi connectivity index (χ1n) is 6.17. The van der Waals surface area contributed by atoms with Gasteiger partial charge >= 0.3 is 11.8 Å². The SMILES string of the molecule is CCNC(=O)NC(=O)Cn1c(-c2ccccn2)noc1=O. The molecule has 0 aliphatic rings. The molecule has 3 amide bonds. The molecule has 0 unspecified atom stereocenters. The number of pyridine rings is 1. The molecule has 2 rings (SSSR count). The van der Waals surface area contributed by atoms with Crippen molar-refractivity contribution in [1.82, 2.24) is 25.3 Å². The second kappa shape index (κ2) is 6.46. The van der Waals surface area contributed by atoms with Gasteiger partial charge in [0.25, 0.3) is 0 Å². The van der Waals surface area contributed by atoms with Gasteiger partial charge in [-0.25, -0.2) is 14.2 Å². The normalized spacial score (nSPS) is 10.1. The van der Waals surface area contributed by atoms with Crippen LogP contribution < -0.4 is 16.4 Å². The zero-order valence-electron chi connectivity index (χ0n) is 11.2. The second-order valence-corrected chi connectivity index (χ2v) is 3.98. The van der Waals surface area contributed by atoms with E-state index in [-0.39, 0.29) is 5.82 Å². The smallest absolute Gasteiger partial charge is 0.338 e. The molecule has 2 heterocycles. The molecular formula is C12H13N5O4. The summed E-state index contributed by atoms with van der Waals surface area (Å²) in [7, 11) is 0. The maximum atomic E-state index is 11.7. The molecule has 2 N–H and O–H groups in total. The second-order valence-electron chi connectivity index (χ2n) is 3.98. The summed E-state index contributed by atoms with van der Waals surface area (Å²) >= 11 is 0. The van der Waals surface area contributed by atoms with Crippen molar-refractivity contribution < 1.29 is 14.1 Å². The van der Waals surface area contributed by atoms with E-state index in [9.17, 15) is 14.4 Å². The zero-order valence-corrected chi connectivity index (χ0v) is 11.2. The highest BCUT2D eigenvalue weighted by Gasteiger charge is 2.17. The van der Waals surface area contributed by atoms with Crippen molar-refractivity contribution in [2.75, 3.05) is 6.54 Å². The first-order valence-corrected chi connectivity index (χ1v) is 6.17. The molecule has 0 spiro atoms. The molecule has 2 aromatic rings. The highest BCUT2D eigenvalue weighted by atomic mass is 16.5. The number of rotatable bonds is 4. The topological polar surface area (TPSA) is 119 Å². The number of hydrogen-bond donors (Lipinski definition) is 2. The Balaban J connectivity index is 2.18. The Labute approximate surface area is 119 Å². The van der Waals surface area contributed by atoms with Gasteiger partial charge in [0.2, 0.25) is 11.7 Å². The molecule has 0 atom stereocenters. The molecule has 0 aliphatic carbocycles. The van der Waals surface area contributed by atoms with E-state index >= 15 is 0 Å². The van der Waals surface area contributed by atoms with Crippen LogP contribution in [-0.4, -0.2) is 33.2 Å². The van der Waals surface area contributed by atoms with Crippen LogP contribution in [-0.2, 0) is 11.3 Å². The minimum atomic E-state index is -0.804. The van der Waals surface area contributed by atoms with E-state index in [1.807, 2.05) is 0 Å². The maximum absolute atomic E-state index is 11.7. The van der Waals surface area contributed by atoms with Gasteiger partial charge in [-0.15, -0.1) is 0 Å². The third-order valence-corrected chi connectivity index (χ3v) is 2.47. The number of nitrogens with zero attached hydrogens (tertiary/aromatic N) is 3. The average molecular weight is 291 g/mol. The van der Waals surface area contributed by atoms with Gasteiger partial charge in [0.15, 0.2) is 0 Å². The van der Waals surface area contributed by atoms with Gasteiger partial charge in [0, 0.05) is 12.7 Å². The summed E-state index contributed by atoms with van der Waals surface area (Å²) < 4.78 is 5.54. The van der Waals surface area contributed by atoms with Gasteiger partial charge in [-0.2, -0.15) is 0 Å². The van der Waals surface area contributed by atoms with Crippen LogP contribution in [0.15, 0.2) is 33.7 Å². The fourth-order valence-corrected chi connectivity index (χ4v) is 1.60. The number of nitrogens with one attached hydrogen (secondary N) is 2. The third kappa shape index (κ3) is 3.53. The van der Waals surface area contributed by atoms with Crippen LogP contribution in [0.25, 0.3) is 11.5 Å². The predicted molar refractivity (Wildman–Crippen MR) is 71.2 cm³/mol. The molecular weight excluding hydrogens is 278 g/mol. The van der Waals surface area contributed by atoms with Crippen LogP contribution in [0.1, 0.15) is 6.92 Å². The molecule has 0 radical (unpaired) electrons. The quantitative estimate of drug-likeness (QED) is 0.801. The lowest BCUT2D eigenvalue weighted by atomic mass is 10.3.